The molecule has 0 atom stereocenters. The maximum atomic E-state index is 12.0. The number of anilines is 1. The monoisotopic (exact) mass is 264 g/mol. The van der Waals surface area contributed by atoms with Gasteiger partial charge in [-0.05, 0) is 13.0 Å². The van der Waals surface area contributed by atoms with Gasteiger partial charge in [-0.15, -0.1) is 11.3 Å². The lowest BCUT2D eigenvalue weighted by molar-refractivity contribution is 0.138. The Bertz CT molecular complexity index is 428. The molecule has 0 spiro atoms. The number of thiophene rings is 1. The van der Waals surface area contributed by atoms with Crippen molar-refractivity contribution in [1.82, 2.24) is 4.31 Å². The number of hydrogen-bond acceptors (Lipinski definition) is 5. The van der Waals surface area contributed by atoms with Gasteiger partial charge in [-0.25, -0.2) is 8.42 Å². The van der Waals surface area contributed by atoms with E-state index >= 15 is 0 Å². The highest BCUT2D eigenvalue weighted by Crippen LogP contribution is 2.24. The quantitative estimate of drug-likeness (QED) is 0.778. The number of nitrogens with two attached hydrogens (primary N) is 1. The predicted octanol–water partition coefficient (Wildman–Crippen LogP) is 0.987. The number of nitrogens with zero attached hydrogens (tertiary/aromatic N) is 1. The van der Waals surface area contributed by atoms with Gasteiger partial charge in [0.25, 0.3) is 10.0 Å². The van der Waals surface area contributed by atoms with E-state index in [1.807, 2.05) is 6.92 Å². The molecular formula is C9H16N2O3S2. The zero-order valence-electron chi connectivity index (χ0n) is 9.34. The maximum Gasteiger partial charge on any atom is 0.252 e. The highest BCUT2D eigenvalue weighted by Gasteiger charge is 2.21. The molecule has 1 aromatic heterocycles. The summed E-state index contributed by atoms with van der Waals surface area (Å²) in [5.41, 5.74) is 5.97. The summed E-state index contributed by atoms with van der Waals surface area (Å²) in [5, 5.41) is 1.61. The Morgan fingerprint density at radius 1 is 1.56 bits per heavy atom. The third kappa shape index (κ3) is 3.18. The third-order valence-corrected chi connectivity index (χ3v) is 5.31. The number of likely N-dealkylation sites (N-methyl/N-ethyl adjacent to an activating group) is 1. The van der Waals surface area contributed by atoms with Crippen molar-refractivity contribution in [3.63, 3.8) is 0 Å². The molecule has 1 heterocycles. The van der Waals surface area contributed by atoms with Gasteiger partial charge in [-0.1, -0.05) is 0 Å². The van der Waals surface area contributed by atoms with Gasteiger partial charge in [0.1, 0.15) is 4.21 Å². The lowest BCUT2D eigenvalue weighted by Crippen LogP contribution is -2.29. The first kappa shape index (κ1) is 13.4. The fourth-order valence-corrected chi connectivity index (χ4v) is 3.52. The number of hydrogen-bond donors (Lipinski definition) is 1. The normalized spacial score (nSPS) is 12.2. The van der Waals surface area contributed by atoms with Crippen LogP contribution in [0, 0.1) is 0 Å². The Hall–Kier alpha value is -0.630. The lowest BCUT2D eigenvalue weighted by atomic mass is 10.6. The minimum absolute atomic E-state index is 0.268. The Kier molecular flexibility index (Phi) is 4.72. The van der Waals surface area contributed by atoms with Crippen LogP contribution in [0.5, 0.6) is 0 Å². The molecule has 0 aromatic carbocycles. The topological polar surface area (TPSA) is 72.6 Å². The number of sulfonamides is 1. The van der Waals surface area contributed by atoms with Gasteiger partial charge in [0.2, 0.25) is 0 Å². The molecule has 0 aliphatic carbocycles. The molecule has 0 amide bonds. The van der Waals surface area contributed by atoms with Crippen molar-refractivity contribution in [3.05, 3.63) is 11.4 Å². The minimum atomic E-state index is -3.41. The van der Waals surface area contributed by atoms with Crippen molar-refractivity contribution in [2.24, 2.45) is 0 Å². The van der Waals surface area contributed by atoms with E-state index in [-0.39, 0.29) is 4.21 Å². The van der Waals surface area contributed by atoms with Crippen LogP contribution in [0.4, 0.5) is 5.69 Å². The van der Waals surface area contributed by atoms with Gasteiger partial charge in [-0.3, -0.25) is 0 Å². The van der Waals surface area contributed by atoms with Gasteiger partial charge in [0, 0.05) is 31.3 Å². The largest absolute Gasteiger partial charge is 0.398 e. The second-order valence-corrected chi connectivity index (χ2v) is 6.41. The van der Waals surface area contributed by atoms with Gasteiger partial charge >= 0.3 is 0 Å². The summed E-state index contributed by atoms with van der Waals surface area (Å²) in [5.74, 6) is 0. The van der Waals surface area contributed by atoms with Crippen molar-refractivity contribution in [3.8, 4) is 0 Å². The summed E-state index contributed by atoms with van der Waals surface area (Å²) >= 11 is 1.13. The molecule has 0 aliphatic rings. The van der Waals surface area contributed by atoms with E-state index in [1.54, 1.807) is 5.38 Å². The second kappa shape index (κ2) is 5.62. The SMILES string of the molecule is CCOCCN(C)S(=O)(=O)c1cc(N)cs1. The van der Waals surface area contributed by atoms with Crippen molar-refractivity contribution in [1.29, 1.82) is 0 Å². The average molecular weight is 264 g/mol. The molecule has 0 radical (unpaired) electrons. The molecule has 0 bridgehead atoms. The van der Waals surface area contributed by atoms with E-state index in [2.05, 4.69) is 0 Å². The summed E-state index contributed by atoms with van der Waals surface area (Å²) in [6.07, 6.45) is 0. The van der Waals surface area contributed by atoms with Crippen LogP contribution in [-0.4, -0.2) is 39.5 Å². The fourth-order valence-electron chi connectivity index (χ4n) is 1.08. The Balaban J connectivity index is 2.70. The Morgan fingerprint density at radius 3 is 2.75 bits per heavy atom. The van der Waals surface area contributed by atoms with E-state index in [1.165, 1.54) is 17.4 Å². The predicted molar refractivity (Wildman–Crippen MR) is 65.0 cm³/mol. The molecule has 7 heteroatoms. The van der Waals surface area contributed by atoms with Crippen LogP contribution < -0.4 is 5.73 Å². The molecule has 0 saturated heterocycles. The summed E-state index contributed by atoms with van der Waals surface area (Å²) in [6, 6.07) is 1.47. The van der Waals surface area contributed by atoms with Gasteiger partial charge in [0.15, 0.2) is 0 Å². The van der Waals surface area contributed by atoms with Crippen LogP contribution in [0.25, 0.3) is 0 Å². The van der Waals surface area contributed by atoms with Gasteiger partial charge in [0.05, 0.1) is 6.61 Å². The molecule has 0 unspecified atom stereocenters. The smallest absolute Gasteiger partial charge is 0.252 e. The highest BCUT2D eigenvalue weighted by atomic mass is 32.2. The van der Waals surface area contributed by atoms with Crippen molar-refractivity contribution >= 4 is 27.0 Å². The Labute approximate surface area is 99.9 Å². The molecule has 16 heavy (non-hydrogen) atoms. The first-order valence-corrected chi connectivity index (χ1v) is 7.18. The van der Waals surface area contributed by atoms with Crippen molar-refractivity contribution in [2.75, 3.05) is 32.5 Å². The van der Waals surface area contributed by atoms with Gasteiger partial charge < -0.3 is 10.5 Å². The summed E-state index contributed by atoms with van der Waals surface area (Å²) < 4.78 is 30.6. The van der Waals surface area contributed by atoms with E-state index in [0.717, 1.165) is 11.3 Å². The fraction of sp³-hybridized carbons (Fsp3) is 0.556. The molecule has 2 N–H and O–H groups in total. The van der Waals surface area contributed by atoms with E-state index in [9.17, 15) is 8.42 Å². The standard InChI is InChI=1S/C9H16N2O3S2/c1-3-14-5-4-11(2)16(12,13)9-6-8(10)7-15-9/h6-7H,3-5,10H2,1-2H3. The van der Waals surface area contributed by atoms with E-state index in [0.29, 0.717) is 25.4 Å². The third-order valence-electron chi connectivity index (χ3n) is 2.01. The number of nitrogen functional groups attached to an aromatic ring is 1. The number of rotatable bonds is 6. The van der Waals surface area contributed by atoms with Crippen LogP contribution >= 0.6 is 11.3 Å². The van der Waals surface area contributed by atoms with E-state index < -0.39 is 10.0 Å². The lowest BCUT2D eigenvalue weighted by Gasteiger charge is -2.15. The van der Waals surface area contributed by atoms with Gasteiger partial charge in [-0.2, -0.15) is 4.31 Å². The van der Waals surface area contributed by atoms with Crippen LogP contribution in [0.1, 0.15) is 6.92 Å². The van der Waals surface area contributed by atoms with Crippen LogP contribution in [0.3, 0.4) is 0 Å². The van der Waals surface area contributed by atoms with E-state index in [4.69, 9.17) is 10.5 Å². The molecule has 1 aromatic rings. The van der Waals surface area contributed by atoms with Crippen molar-refractivity contribution in [2.45, 2.75) is 11.1 Å². The zero-order valence-corrected chi connectivity index (χ0v) is 11.0. The maximum absolute atomic E-state index is 12.0. The highest BCUT2D eigenvalue weighted by molar-refractivity contribution is 7.91. The van der Waals surface area contributed by atoms with Crippen molar-refractivity contribution < 1.29 is 13.2 Å². The van der Waals surface area contributed by atoms with Crippen LogP contribution in [0.15, 0.2) is 15.7 Å². The van der Waals surface area contributed by atoms with Crippen LogP contribution in [0.2, 0.25) is 0 Å². The molecular weight excluding hydrogens is 248 g/mol. The molecule has 1 rings (SSSR count). The molecule has 92 valence electrons. The molecule has 0 saturated carbocycles. The summed E-state index contributed by atoms with van der Waals surface area (Å²) in [4.78, 5) is 0. The Morgan fingerprint density at radius 2 is 2.25 bits per heavy atom. The second-order valence-electron chi connectivity index (χ2n) is 3.22. The molecule has 5 nitrogen and oxygen atoms in total. The first-order valence-electron chi connectivity index (χ1n) is 4.86. The zero-order chi connectivity index (χ0) is 12.2. The molecule has 0 fully saturated rings. The van der Waals surface area contributed by atoms with Crippen LogP contribution in [-0.2, 0) is 14.8 Å². The summed E-state index contributed by atoms with van der Waals surface area (Å²) in [7, 11) is -1.87. The average Bonchev–Trinajstić information content (AvgIpc) is 2.65. The minimum Gasteiger partial charge on any atom is -0.398 e. The number of ether oxygens (including phenoxy) is 1. The summed E-state index contributed by atoms with van der Waals surface area (Å²) in [6.45, 7) is 3.19. The molecule has 0 aliphatic heterocycles. The first-order chi connectivity index (χ1) is 7.48.